The highest BCUT2D eigenvalue weighted by molar-refractivity contribution is 5.93. The number of anilines is 1. The standard InChI is InChI=1S/C23H27N3O3/c1-4-22-8-5-9-26-14(13-24)11-23(21(22)26)17-7-6-15(28-2)10-18(17)25-19(23)16(12-22)20(27)29-3/h6-7,10,14,21,25H,4-5,8-9,11-12H2,1-3H3/t14-,21+,22+,23+/m1/s1. The van der Waals surface area contributed by atoms with E-state index in [0.29, 0.717) is 12.8 Å². The third kappa shape index (κ3) is 2.17. The lowest BCUT2D eigenvalue weighted by Gasteiger charge is -2.56. The molecule has 0 unspecified atom stereocenters. The highest BCUT2D eigenvalue weighted by atomic mass is 16.5. The van der Waals surface area contributed by atoms with E-state index in [-0.39, 0.29) is 28.9 Å². The van der Waals surface area contributed by atoms with Crippen LogP contribution in [0, 0.1) is 16.7 Å². The number of nitrogens with one attached hydrogen (secondary N) is 1. The molecule has 6 nitrogen and oxygen atoms in total. The summed E-state index contributed by atoms with van der Waals surface area (Å²) < 4.78 is 10.7. The molecule has 3 heterocycles. The van der Waals surface area contributed by atoms with Gasteiger partial charge in [0, 0.05) is 23.5 Å². The molecule has 152 valence electrons. The molecule has 0 aromatic heterocycles. The van der Waals surface area contributed by atoms with Gasteiger partial charge in [0.2, 0.25) is 0 Å². The van der Waals surface area contributed by atoms with Crippen LogP contribution in [0.2, 0.25) is 0 Å². The largest absolute Gasteiger partial charge is 0.497 e. The van der Waals surface area contributed by atoms with Crippen molar-refractivity contribution >= 4 is 11.7 Å². The second-order valence-electron chi connectivity index (χ2n) is 8.84. The fourth-order valence-corrected chi connectivity index (χ4v) is 6.81. The summed E-state index contributed by atoms with van der Waals surface area (Å²) in [4.78, 5) is 15.3. The fourth-order valence-electron chi connectivity index (χ4n) is 6.81. The number of benzene rings is 1. The Labute approximate surface area is 171 Å². The van der Waals surface area contributed by atoms with Gasteiger partial charge in [-0.1, -0.05) is 13.0 Å². The number of nitrogens with zero attached hydrogens (tertiary/aromatic N) is 2. The lowest BCUT2D eigenvalue weighted by atomic mass is 9.53. The second-order valence-corrected chi connectivity index (χ2v) is 8.84. The van der Waals surface area contributed by atoms with E-state index in [9.17, 15) is 10.1 Å². The molecule has 1 aromatic rings. The Morgan fingerprint density at radius 2 is 2.24 bits per heavy atom. The fraction of sp³-hybridized carbons (Fsp3) is 0.565. The second kappa shape index (κ2) is 6.24. The maximum absolute atomic E-state index is 12.9. The van der Waals surface area contributed by atoms with Crippen molar-refractivity contribution in [2.24, 2.45) is 5.41 Å². The summed E-state index contributed by atoms with van der Waals surface area (Å²) in [5, 5.41) is 13.6. The zero-order valence-corrected chi connectivity index (χ0v) is 17.2. The molecule has 4 aliphatic rings. The number of hydrogen-bond acceptors (Lipinski definition) is 6. The topological polar surface area (TPSA) is 74.6 Å². The van der Waals surface area contributed by atoms with Gasteiger partial charge in [-0.25, -0.2) is 4.79 Å². The Morgan fingerprint density at radius 3 is 2.93 bits per heavy atom. The number of methoxy groups -OCH3 is 2. The van der Waals surface area contributed by atoms with Crippen molar-refractivity contribution in [1.82, 2.24) is 4.90 Å². The number of hydrogen-bond donors (Lipinski definition) is 1. The summed E-state index contributed by atoms with van der Waals surface area (Å²) in [6.07, 6.45) is 4.52. The zero-order chi connectivity index (χ0) is 20.4. The van der Waals surface area contributed by atoms with Crippen LogP contribution in [0.3, 0.4) is 0 Å². The van der Waals surface area contributed by atoms with Crippen LogP contribution >= 0.6 is 0 Å². The first-order valence-electron chi connectivity index (χ1n) is 10.5. The predicted octanol–water partition coefficient (Wildman–Crippen LogP) is 3.35. The third-order valence-electron chi connectivity index (χ3n) is 7.91. The molecule has 0 amide bonds. The molecule has 2 fully saturated rings. The monoisotopic (exact) mass is 393 g/mol. The number of fused-ring (bicyclic) bond motifs is 1. The molecule has 1 N–H and O–H groups in total. The number of piperidine rings is 1. The van der Waals surface area contributed by atoms with Crippen molar-refractivity contribution in [2.45, 2.75) is 56.5 Å². The van der Waals surface area contributed by atoms with Gasteiger partial charge in [0.05, 0.1) is 37.3 Å². The number of nitriles is 1. The van der Waals surface area contributed by atoms with Crippen molar-refractivity contribution in [2.75, 3.05) is 26.1 Å². The van der Waals surface area contributed by atoms with E-state index in [1.165, 1.54) is 12.7 Å². The van der Waals surface area contributed by atoms with Gasteiger partial charge in [0.15, 0.2) is 0 Å². The normalized spacial score (nSPS) is 34.6. The molecule has 0 radical (unpaired) electrons. The van der Waals surface area contributed by atoms with E-state index in [1.807, 2.05) is 12.1 Å². The van der Waals surface area contributed by atoms with Crippen molar-refractivity contribution in [3.05, 3.63) is 35.0 Å². The van der Waals surface area contributed by atoms with Crippen molar-refractivity contribution in [1.29, 1.82) is 5.26 Å². The van der Waals surface area contributed by atoms with Crippen LogP contribution in [0.15, 0.2) is 29.5 Å². The maximum atomic E-state index is 12.9. The van der Waals surface area contributed by atoms with E-state index < -0.39 is 0 Å². The average molecular weight is 393 g/mol. The van der Waals surface area contributed by atoms with Gasteiger partial charge in [-0.15, -0.1) is 0 Å². The quantitative estimate of drug-likeness (QED) is 0.794. The average Bonchev–Trinajstić information content (AvgIpc) is 3.28. The summed E-state index contributed by atoms with van der Waals surface area (Å²) in [6.45, 7) is 3.17. The summed E-state index contributed by atoms with van der Waals surface area (Å²) in [5.74, 6) is 0.527. The molecule has 1 aliphatic carbocycles. The van der Waals surface area contributed by atoms with E-state index in [4.69, 9.17) is 9.47 Å². The molecule has 3 aliphatic heterocycles. The molecule has 6 heteroatoms. The minimum absolute atomic E-state index is 0.0277. The van der Waals surface area contributed by atoms with Gasteiger partial charge < -0.3 is 14.8 Å². The van der Waals surface area contributed by atoms with Crippen LogP contribution in [0.5, 0.6) is 5.75 Å². The Bertz CT molecular complexity index is 965. The van der Waals surface area contributed by atoms with Crippen LogP contribution in [0.4, 0.5) is 5.69 Å². The number of rotatable bonds is 3. The third-order valence-corrected chi connectivity index (χ3v) is 7.91. The van der Waals surface area contributed by atoms with Gasteiger partial charge in [-0.3, -0.25) is 4.90 Å². The van der Waals surface area contributed by atoms with Gasteiger partial charge in [0.25, 0.3) is 0 Å². The maximum Gasteiger partial charge on any atom is 0.335 e. The summed E-state index contributed by atoms with van der Waals surface area (Å²) in [6, 6.07) is 8.76. The van der Waals surface area contributed by atoms with Gasteiger partial charge in [0.1, 0.15) is 5.75 Å². The molecule has 5 rings (SSSR count). The van der Waals surface area contributed by atoms with Crippen molar-refractivity contribution in [3.63, 3.8) is 0 Å². The molecule has 0 bridgehead atoms. The molecular formula is C23H27N3O3. The van der Waals surface area contributed by atoms with Crippen LogP contribution in [0.1, 0.15) is 44.6 Å². The number of esters is 1. The molecule has 2 saturated heterocycles. The van der Waals surface area contributed by atoms with Crippen LogP contribution in [-0.4, -0.2) is 43.7 Å². The molecule has 4 atom stereocenters. The highest BCUT2D eigenvalue weighted by Crippen LogP contribution is 2.66. The first-order valence-corrected chi connectivity index (χ1v) is 10.5. The van der Waals surface area contributed by atoms with Crippen LogP contribution in [0.25, 0.3) is 0 Å². The predicted molar refractivity (Wildman–Crippen MR) is 108 cm³/mol. The lowest BCUT2D eigenvalue weighted by molar-refractivity contribution is -0.137. The Hall–Kier alpha value is -2.52. The van der Waals surface area contributed by atoms with Crippen molar-refractivity contribution in [3.8, 4) is 11.8 Å². The number of ether oxygens (including phenoxy) is 2. The number of carbonyl (C=O) groups excluding carboxylic acids is 1. The highest BCUT2D eigenvalue weighted by Gasteiger charge is 2.68. The summed E-state index contributed by atoms with van der Waals surface area (Å²) in [7, 11) is 3.12. The summed E-state index contributed by atoms with van der Waals surface area (Å²) >= 11 is 0. The minimum atomic E-state index is -0.375. The van der Waals surface area contributed by atoms with E-state index >= 15 is 0 Å². The zero-order valence-electron chi connectivity index (χ0n) is 17.2. The lowest BCUT2D eigenvalue weighted by Crippen LogP contribution is -2.60. The van der Waals surface area contributed by atoms with Gasteiger partial charge >= 0.3 is 5.97 Å². The van der Waals surface area contributed by atoms with Crippen LogP contribution < -0.4 is 10.1 Å². The minimum Gasteiger partial charge on any atom is -0.497 e. The Morgan fingerprint density at radius 1 is 1.41 bits per heavy atom. The molecular weight excluding hydrogens is 366 g/mol. The first-order chi connectivity index (χ1) is 14.0. The Balaban J connectivity index is 1.82. The van der Waals surface area contributed by atoms with Gasteiger partial charge in [-0.05, 0) is 55.7 Å². The first kappa shape index (κ1) is 18.5. The smallest absolute Gasteiger partial charge is 0.335 e. The molecule has 29 heavy (non-hydrogen) atoms. The van der Waals surface area contributed by atoms with E-state index in [2.05, 4.69) is 29.3 Å². The van der Waals surface area contributed by atoms with Crippen molar-refractivity contribution < 1.29 is 14.3 Å². The Kier molecular flexibility index (Phi) is 3.98. The van der Waals surface area contributed by atoms with E-state index in [0.717, 1.165) is 48.5 Å². The van der Waals surface area contributed by atoms with Crippen LogP contribution in [-0.2, 0) is 14.9 Å². The summed E-state index contributed by atoms with van der Waals surface area (Å²) in [5.41, 5.74) is 3.46. The molecule has 1 aromatic carbocycles. The van der Waals surface area contributed by atoms with Gasteiger partial charge in [-0.2, -0.15) is 5.26 Å². The van der Waals surface area contributed by atoms with E-state index in [1.54, 1.807) is 7.11 Å². The molecule has 0 saturated carbocycles. The molecule has 1 spiro atoms. The number of carbonyl (C=O) groups is 1. The SMILES string of the molecule is CC[C@]12CCCN3[C@@H](C#N)C[C@]4(C(=C(C(=O)OC)C1)Nc1cc(OC)ccc14)[C@@H]32.